The fraction of sp³-hybridized carbons (Fsp3) is 0.154. The summed E-state index contributed by atoms with van der Waals surface area (Å²) < 4.78 is 3.11. The SMILES string of the molecule is Cn1nccc1C(NN)c1cccc2ccsc12. The Labute approximate surface area is 109 Å². The summed E-state index contributed by atoms with van der Waals surface area (Å²) >= 11 is 1.74. The molecule has 3 rings (SSSR count). The molecule has 92 valence electrons. The summed E-state index contributed by atoms with van der Waals surface area (Å²) in [4.78, 5) is 0. The molecule has 0 saturated heterocycles. The molecule has 3 N–H and O–H groups in total. The predicted molar refractivity (Wildman–Crippen MR) is 74.2 cm³/mol. The van der Waals surface area contributed by atoms with E-state index in [4.69, 9.17) is 5.84 Å². The highest BCUT2D eigenvalue weighted by Gasteiger charge is 2.18. The van der Waals surface area contributed by atoms with Crippen LogP contribution in [0.3, 0.4) is 0 Å². The molecule has 0 bridgehead atoms. The highest BCUT2D eigenvalue weighted by Crippen LogP contribution is 2.31. The zero-order chi connectivity index (χ0) is 12.5. The topological polar surface area (TPSA) is 55.9 Å². The maximum Gasteiger partial charge on any atom is 0.0892 e. The maximum atomic E-state index is 5.74. The largest absolute Gasteiger partial charge is 0.271 e. The van der Waals surface area contributed by atoms with Gasteiger partial charge in [-0.2, -0.15) is 5.10 Å². The molecule has 1 unspecified atom stereocenters. The first-order valence-corrected chi connectivity index (χ1v) is 6.59. The van der Waals surface area contributed by atoms with Gasteiger partial charge in [0.15, 0.2) is 0 Å². The molecule has 3 aromatic rings. The number of aryl methyl sites for hydroxylation is 1. The number of nitrogens with one attached hydrogen (secondary N) is 1. The Morgan fingerprint density at radius 2 is 2.22 bits per heavy atom. The second kappa shape index (κ2) is 4.53. The average molecular weight is 258 g/mol. The molecule has 1 atom stereocenters. The molecule has 0 radical (unpaired) electrons. The van der Waals surface area contributed by atoms with Gasteiger partial charge >= 0.3 is 0 Å². The maximum absolute atomic E-state index is 5.74. The summed E-state index contributed by atoms with van der Waals surface area (Å²) in [6, 6.07) is 10.4. The van der Waals surface area contributed by atoms with E-state index >= 15 is 0 Å². The highest BCUT2D eigenvalue weighted by molar-refractivity contribution is 7.17. The molecule has 0 aliphatic rings. The fourth-order valence-corrected chi connectivity index (χ4v) is 3.19. The van der Waals surface area contributed by atoms with Crippen molar-refractivity contribution in [1.29, 1.82) is 0 Å². The molecule has 0 saturated carbocycles. The number of nitrogens with two attached hydrogens (primary N) is 1. The molecule has 2 aromatic heterocycles. The molecular formula is C13H14N4S. The van der Waals surface area contributed by atoms with Gasteiger partial charge in [0.1, 0.15) is 0 Å². The second-order valence-corrected chi connectivity index (χ2v) is 5.08. The minimum absolute atomic E-state index is 0.0418. The van der Waals surface area contributed by atoms with E-state index in [9.17, 15) is 0 Å². The van der Waals surface area contributed by atoms with Gasteiger partial charge in [-0.1, -0.05) is 18.2 Å². The van der Waals surface area contributed by atoms with E-state index in [0.717, 1.165) is 5.69 Å². The van der Waals surface area contributed by atoms with Crippen molar-refractivity contribution in [2.45, 2.75) is 6.04 Å². The van der Waals surface area contributed by atoms with Crippen LogP contribution in [0.15, 0.2) is 41.9 Å². The number of nitrogens with zero attached hydrogens (tertiary/aromatic N) is 2. The van der Waals surface area contributed by atoms with E-state index in [1.54, 1.807) is 17.5 Å². The molecule has 1 aromatic carbocycles. The number of rotatable bonds is 3. The lowest BCUT2D eigenvalue weighted by atomic mass is 10.0. The number of hydrogen-bond acceptors (Lipinski definition) is 4. The Hall–Kier alpha value is -1.69. The lowest BCUT2D eigenvalue weighted by molar-refractivity contribution is 0.578. The molecule has 0 aliphatic heterocycles. The standard InChI is InChI=1S/C13H14N4S/c1-17-11(5-7-15-17)12(16-14)10-4-2-3-9-6-8-18-13(9)10/h2-8,12,16H,14H2,1H3. The van der Waals surface area contributed by atoms with Crippen LogP contribution in [-0.2, 0) is 7.05 Å². The van der Waals surface area contributed by atoms with Gasteiger partial charge in [-0.05, 0) is 28.5 Å². The molecule has 2 heterocycles. The van der Waals surface area contributed by atoms with Gasteiger partial charge in [-0.3, -0.25) is 10.5 Å². The van der Waals surface area contributed by atoms with Crippen LogP contribution in [0.4, 0.5) is 0 Å². The third-order valence-electron chi connectivity index (χ3n) is 3.14. The number of thiophene rings is 1. The van der Waals surface area contributed by atoms with Crippen LogP contribution >= 0.6 is 11.3 Å². The molecule has 18 heavy (non-hydrogen) atoms. The van der Waals surface area contributed by atoms with Crippen LogP contribution in [-0.4, -0.2) is 9.78 Å². The number of hydrazine groups is 1. The van der Waals surface area contributed by atoms with Crippen molar-refractivity contribution < 1.29 is 0 Å². The van der Waals surface area contributed by atoms with Crippen molar-refractivity contribution in [3.8, 4) is 0 Å². The Kier molecular flexibility index (Phi) is 2.87. The Morgan fingerprint density at radius 3 is 2.94 bits per heavy atom. The lowest BCUT2D eigenvalue weighted by Crippen LogP contribution is -2.30. The quantitative estimate of drug-likeness (QED) is 0.559. The summed E-state index contributed by atoms with van der Waals surface area (Å²) in [5.74, 6) is 5.74. The molecule has 0 fully saturated rings. The third-order valence-corrected chi connectivity index (χ3v) is 4.12. The molecule has 5 heteroatoms. The number of aromatic nitrogens is 2. The van der Waals surface area contributed by atoms with Gasteiger partial charge in [-0.15, -0.1) is 11.3 Å². The molecular weight excluding hydrogens is 244 g/mol. The van der Waals surface area contributed by atoms with E-state index in [2.05, 4.69) is 40.2 Å². The van der Waals surface area contributed by atoms with Crippen molar-refractivity contribution in [2.75, 3.05) is 0 Å². The van der Waals surface area contributed by atoms with Gasteiger partial charge in [0.05, 0.1) is 11.7 Å². The van der Waals surface area contributed by atoms with Crippen LogP contribution in [0.5, 0.6) is 0 Å². The van der Waals surface area contributed by atoms with Gasteiger partial charge < -0.3 is 0 Å². The van der Waals surface area contributed by atoms with E-state index in [1.165, 1.54) is 15.6 Å². The monoisotopic (exact) mass is 258 g/mol. The van der Waals surface area contributed by atoms with Crippen LogP contribution in [0, 0.1) is 0 Å². The average Bonchev–Trinajstić information content (AvgIpc) is 3.00. The van der Waals surface area contributed by atoms with Crippen LogP contribution in [0.1, 0.15) is 17.3 Å². The number of benzene rings is 1. The summed E-state index contributed by atoms with van der Waals surface area (Å²) in [7, 11) is 1.92. The fourth-order valence-electron chi connectivity index (χ4n) is 2.25. The Balaban J connectivity index is 2.17. The summed E-state index contributed by atoms with van der Waals surface area (Å²) in [6.07, 6.45) is 1.79. The third kappa shape index (κ3) is 1.73. The Bertz CT molecular complexity index is 670. The van der Waals surface area contributed by atoms with Gasteiger partial charge in [0.2, 0.25) is 0 Å². The summed E-state index contributed by atoms with van der Waals surface area (Å²) in [6.45, 7) is 0. The van der Waals surface area contributed by atoms with Gasteiger partial charge in [0.25, 0.3) is 0 Å². The first kappa shape index (κ1) is 11.4. The first-order valence-electron chi connectivity index (χ1n) is 5.71. The number of fused-ring (bicyclic) bond motifs is 1. The van der Waals surface area contributed by atoms with Gasteiger partial charge in [0, 0.05) is 17.9 Å². The highest BCUT2D eigenvalue weighted by atomic mass is 32.1. The normalized spacial score (nSPS) is 13.0. The molecule has 0 aliphatic carbocycles. The number of hydrogen-bond donors (Lipinski definition) is 2. The minimum Gasteiger partial charge on any atom is -0.271 e. The van der Waals surface area contributed by atoms with Crippen molar-refractivity contribution in [1.82, 2.24) is 15.2 Å². The van der Waals surface area contributed by atoms with Crippen LogP contribution in [0.25, 0.3) is 10.1 Å². The predicted octanol–water partition coefficient (Wildman–Crippen LogP) is 2.19. The lowest BCUT2D eigenvalue weighted by Gasteiger charge is -2.17. The second-order valence-electron chi connectivity index (χ2n) is 4.17. The molecule has 0 spiro atoms. The summed E-state index contributed by atoms with van der Waals surface area (Å²) in [5, 5.41) is 7.56. The van der Waals surface area contributed by atoms with Crippen LogP contribution < -0.4 is 11.3 Å². The zero-order valence-corrected chi connectivity index (χ0v) is 10.8. The summed E-state index contributed by atoms with van der Waals surface area (Å²) in [5.41, 5.74) is 5.13. The van der Waals surface area contributed by atoms with Crippen molar-refractivity contribution in [3.05, 3.63) is 53.2 Å². The van der Waals surface area contributed by atoms with E-state index in [0.29, 0.717) is 0 Å². The van der Waals surface area contributed by atoms with E-state index in [-0.39, 0.29) is 6.04 Å². The first-order chi connectivity index (χ1) is 8.81. The minimum atomic E-state index is -0.0418. The van der Waals surface area contributed by atoms with E-state index in [1.807, 2.05) is 17.8 Å². The van der Waals surface area contributed by atoms with Crippen molar-refractivity contribution in [3.63, 3.8) is 0 Å². The Morgan fingerprint density at radius 1 is 1.33 bits per heavy atom. The van der Waals surface area contributed by atoms with E-state index < -0.39 is 0 Å². The molecule has 4 nitrogen and oxygen atoms in total. The molecule has 0 amide bonds. The van der Waals surface area contributed by atoms with Gasteiger partial charge in [-0.25, -0.2) is 5.43 Å². The van der Waals surface area contributed by atoms with Crippen molar-refractivity contribution in [2.24, 2.45) is 12.9 Å². The zero-order valence-electron chi connectivity index (χ0n) is 10.00. The van der Waals surface area contributed by atoms with Crippen LogP contribution in [0.2, 0.25) is 0 Å². The smallest absolute Gasteiger partial charge is 0.0892 e. The van der Waals surface area contributed by atoms with Crippen molar-refractivity contribution >= 4 is 21.4 Å².